The number of carbonyl (C=O) groups is 1. The Morgan fingerprint density at radius 1 is 1.09 bits per heavy atom. The van der Waals surface area contributed by atoms with Crippen LogP contribution in [0.2, 0.25) is 0 Å². The molecule has 1 aliphatic rings. The first-order valence-corrected chi connectivity index (χ1v) is 10.2. The van der Waals surface area contributed by atoms with Gasteiger partial charge in [0.15, 0.2) is 0 Å². The Morgan fingerprint density at radius 2 is 1.84 bits per heavy atom. The van der Waals surface area contributed by atoms with E-state index in [9.17, 15) is 22.8 Å². The van der Waals surface area contributed by atoms with Gasteiger partial charge in [-0.2, -0.15) is 18.3 Å². The van der Waals surface area contributed by atoms with Crippen LogP contribution >= 0.6 is 0 Å². The van der Waals surface area contributed by atoms with Gasteiger partial charge >= 0.3 is 6.18 Å². The van der Waals surface area contributed by atoms with Crippen molar-refractivity contribution in [3.8, 4) is 0 Å². The zero-order valence-corrected chi connectivity index (χ0v) is 17.3. The van der Waals surface area contributed by atoms with Crippen molar-refractivity contribution in [3.05, 3.63) is 93.2 Å². The minimum absolute atomic E-state index is 0.194. The molecule has 9 heteroatoms. The summed E-state index contributed by atoms with van der Waals surface area (Å²) in [7, 11) is 1.49. The van der Waals surface area contributed by atoms with Crippen molar-refractivity contribution < 1.29 is 18.0 Å². The zero-order chi connectivity index (χ0) is 22.9. The maximum absolute atomic E-state index is 13.0. The van der Waals surface area contributed by atoms with Crippen molar-refractivity contribution >= 4 is 5.91 Å². The molecule has 1 unspecified atom stereocenters. The van der Waals surface area contributed by atoms with Gasteiger partial charge in [0.05, 0.1) is 17.3 Å². The second-order valence-electron chi connectivity index (χ2n) is 7.76. The smallest absolute Gasteiger partial charge is 0.329 e. The van der Waals surface area contributed by atoms with Gasteiger partial charge in [0, 0.05) is 31.8 Å². The number of nitrogens with zero attached hydrogens (tertiary/aromatic N) is 4. The highest BCUT2D eigenvalue weighted by Crippen LogP contribution is 2.32. The van der Waals surface area contributed by atoms with Gasteiger partial charge in [-0.1, -0.05) is 18.2 Å². The molecule has 2 aromatic heterocycles. The van der Waals surface area contributed by atoms with Crippen LogP contribution in [-0.2, 0) is 19.6 Å². The molecule has 0 N–H and O–H groups in total. The molecule has 1 amide bonds. The van der Waals surface area contributed by atoms with E-state index in [1.165, 1.54) is 31.3 Å². The van der Waals surface area contributed by atoms with Gasteiger partial charge in [-0.25, -0.2) is 4.68 Å². The first-order valence-electron chi connectivity index (χ1n) is 10.2. The number of halogens is 3. The standard InChI is InChI=1S/C23H21F3N4O2/c1-29-21(31)12-11-19(28-29)22(32)30-13-3-6-20(30)18-5-2-4-17(27-18)14-15-7-9-16(10-8-15)23(24,25)26/h2,4-5,7-12,20H,3,6,13-14H2,1H3. The van der Waals surface area contributed by atoms with Gasteiger partial charge in [-0.3, -0.25) is 14.6 Å². The van der Waals surface area contributed by atoms with E-state index < -0.39 is 11.7 Å². The highest BCUT2D eigenvalue weighted by atomic mass is 19.4. The Balaban J connectivity index is 1.53. The van der Waals surface area contributed by atoms with Crippen molar-refractivity contribution in [2.24, 2.45) is 7.05 Å². The molecule has 3 aromatic rings. The van der Waals surface area contributed by atoms with E-state index in [2.05, 4.69) is 10.1 Å². The van der Waals surface area contributed by atoms with Crippen LogP contribution in [0.4, 0.5) is 13.2 Å². The quantitative estimate of drug-likeness (QED) is 0.617. The maximum Gasteiger partial charge on any atom is 0.416 e. The Morgan fingerprint density at radius 3 is 2.53 bits per heavy atom. The molecule has 1 saturated heterocycles. The first kappa shape index (κ1) is 21.7. The fourth-order valence-corrected chi connectivity index (χ4v) is 3.88. The average molecular weight is 442 g/mol. The second-order valence-corrected chi connectivity index (χ2v) is 7.76. The van der Waals surface area contributed by atoms with Gasteiger partial charge in [-0.05, 0) is 48.7 Å². The number of rotatable bonds is 4. The average Bonchev–Trinajstić information content (AvgIpc) is 3.25. The van der Waals surface area contributed by atoms with Crippen LogP contribution in [0.1, 0.15) is 51.9 Å². The molecule has 0 radical (unpaired) electrons. The number of aryl methyl sites for hydroxylation is 1. The van der Waals surface area contributed by atoms with Crippen LogP contribution in [0.25, 0.3) is 0 Å². The number of alkyl halides is 3. The van der Waals surface area contributed by atoms with Crippen LogP contribution < -0.4 is 5.56 Å². The van der Waals surface area contributed by atoms with E-state index in [1.54, 1.807) is 4.90 Å². The largest absolute Gasteiger partial charge is 0.416 e. The summed E-state index contributed by atoms with van der Waals surface area (Å²) in [5.41, 5.74) is 1.37. The molecule has 0 saturated carbocycles. The minimum atomic E-state index is -4.37. The zero-order valence-electron chi connectivity index (χ0n) is 17.3. The normalized spacial score (nSPS) is 16.4. The molecule has 1 aromatic carbocycles. The second kappa shape index (κ2) is 8.57. The third-order valence-corrected chi connectivity index (χ3v) is 5.53. The number of likely N-dealkylation sites (tertiary alicyclic amines) is 1. The predicted molar refractivity (Wildman–Crippen MR) is 111 cm³/mol. The number of hydrogen-bond acceptors (Lipinski definition) is 4. The lowest BCUT2D eigenvalue weighted by Gasteiger charge is -2.24. The number of aromatic nitrogens is 3. The Labute approximate surface area is 182 Å². The molecule has 32 heavy (non-hydrogen) atoms. The van der Waals surface area contributed by atoms with E-state index >= 15 is 0 Å². The van der Waals surface area contributed by atoms with Crippen molar-refractivity contribution in [2.45, 2.75) is 31.5 Å². The van der Waals surface area contributed by atoms with E-state index in [-0.39, 0.29) is 23.2 Å². The number of hydrogen-bond donors (Lipinski definition) is 0. The lowest BCUT2D eigenvalue weighted by Crippen LogP contribution is -2.33. The van der Waals surface area contributed by atoms with Crippen molar-refractivity contribution in [1.29, 1.82) is 0 Å². The third-order valence-electron chi connectivity index (χ3n) is 5.53. The minimum Gasteiger partial charge on any atom is -0.329 e. The highest BCUT2D eigenvalue weighted by Gasteiger charge is 2.33. The van der Waals surface area contributed by atoms with Gasteiger partial charge in [0.2, 0.25) is 0 Å². The number of amides is 1. The summed E-state index contributed by atoms with van der Waals surface area (Å²) >= 11 is 0. The van der Waals surface area contributed by atoms with Gasteiger partial charge in [-0.15, -0.1) is 0 Å². The van der Waals surface area contributed by atoms with Crippen molar-refractivity contribution in [3.63, 3.8) is 0 Å². The highest BCUT2D eigenvalue weighted by molar-refractivity contribution is 5.92. The summed E-state index contributed by atoms with van der Waals surface area (Å²) in [6.45, 7) is 0.554. The first-order chi connectivity index (χ1) is 15.2. The van der Waals surface area contributed by atoms with E-state index in [1.807, 2.05) is 18.2 Å². The van der Waals surface area contributed by atoms with Crippen molar-refractivity contribution in [1.82, 2.24) is 19.7 Å². The van der Waals surface area contributed by atoms with Crippen LogP contribution in [0, 0.1) is 0 Å². The molecule has 166 valence electrons. The topological polar surface area (TPSA) is 68.1 Å². The molecule has 0 bridgehead atoms. The molecule has 6 nitrogen and oxygen atoms in total. The third kappa shape index (κ3) is 4.56. The molecule has 1 atom stereocenters. The van der Waals surface area contributed by atoms with E-state index in [4.69, 9.17) is 0 Å². The fourth-order valence-electron chi connectivity index (χ4n) is 3.88. The Bertz CT molecular complexity index is 1190. The van der Waals surface area contributed by atoms with Gasteiger partial charge in [0.1, 0.15) is 5.69 Å². The summed E-state index contributed by atoms with van der Waals surface area (Å²) < 4.78 is 39.4. The lowest BCUT2D eigenvalue weighted by molar-refractivity contribution is -0.137. The number of carbonyl (C=O) groups excluding carboxylic acids is 1. The lowest BCUT2D eigenvalue weighted by atomic mass is 10.1. The molecule has 1 fully saturated rings. The van der Waals surface area contributed by atoms with Crippen molar-refractivity contribution in [2.75, 3.05) is 6.54 Å². The molecular weight excluding hydrogens is 421 g/mol. The summed E-state index contributed by atoms with van der Waals surface area (Å²) in [6.07, 6.45) is -2.43. The number of pyridine rings is 1. The predicted octanol–water partition coefficient (Wildman–Crippen LogP) is 3.76. The SMILES string of the molecule is Cn1nc(C(=O)N2CCCC2c2cccc(Cc3ccc(C(F)(F)F)cc3)n2)ccc1=O. The van der Waals surface area contributed by atoms with Gasteiger partial charge < -0.3 is 4.90 Å². The molecular formula is C23H21F3N4O2. The molecule has 0 aliphatic carbocycles. The molecule has 1 aliphatic heterocycles. The summed E-state index contributed by atoms with van der Waals surface area (Å²) in [5.74, 6) is -0.266. The maximum atomic E-state index is 13.0. The number of benzene rings is 1. The summed E-state index contributed by atoms with van der Waals surface area (Å²) in [4.78, 5) is 31.0. The Kier molecular flexibility index (Phi) is 5.82. The van der Waals surface area contributed by atoms with Crippen LogP contribution in [-0.4, -0.2) is 32.1 Å². The molecule has 0 spiro atoms. The van der Waals surface area contributed by atoms with E-state index in [0.717, 1.165) is 40.9 Å². The van der Waals surface area contributed by atoms with Crippen LogP contribution in [0.3, 0.4) is 0 Å². The summed E-state index contributed by atoms with van der Waals surface area (Å²) in [6, 6.07) is 13.1. The van der Waals surface area contributed by atoms with E-state index in [0.29, 0.717) is 18.7 Å². The van der Waals surface area contributed by atoms with Crippen LogP contribution in [0.15, 0.2) is 59.4 Å². The summed E-state index contributed by atoms with van der Waals surface area (Å²) in [5, 5.41) is 4.06. The van der Waals surface area contributed by atoms with Gasteiger partial charge in [0.25, 0.3) is 11.5 Å². The Hall–Kier alpha value is -3.49. The monoisotopic (exact) mass is 442 g/mol. The molecule has 4 rings (SSSR count). The van der Waals surface area contributed by atoms with Crippen LogP contribution in [0.5, 0.6) is 0 Å². The fraction of sp³-hybridized carbons (Fsp3) is 0.304. The molecule has 3 heterocycles.